The molecule has 0 heterocycles. The summed E-state index contributed by atoms with van der Waals surface area (Å²) in [5.74, 6) is -3.02. The lowest BCUT2D eigenvalue weighted by molar-refractivity contribution is -0.153. The number of alkyl halides is 5. The standard InChI is InChI=1S/C11H10BrF5O/c1-10(13,14)5-7-2-8(12)4-9(3-7)18-6-11(15,16)17/h2-4H,5-6H2,1H3. The van der Waals surface area contributed by atoms with E-state index in [4.69, 9.17) is 0 Å². The smallest absolute Gasteiger partial charge is 0.422 e. The van der Waals surface area contributed by atoms with Crippen LogP contribution < -0.4 is 4.74 Å². The van der Waals surface area contributed by atoms with Crippen LogP contribution in [-0.4, -0.2) is 18.7 Å². The molecule has 0 aliphatic rings. The van der Waals surface area contributed by atoms with E-state index in [1.165, 1.54) is 18.2 Å². The number of hydrogen-bond acceptors (Lipinski definition) is 1. The van der Waals surface area contributed by atoms with Gasteiger partial charge in [0.15, 0.2) is 6.61 Å². The normalized spacial score (nSPS) is 12.6. The number of benzene rings is 1. The molecule has 0 atom stereocenters. The quantitative estimate of drug-likeness (QED) is 0.733. The van der Waals surface area contributed by atoms with E-state index in [-0.39, 0.29) is 11.3 Å². The van der Waals surface area contributed by atoms with Crippen molar-refractivity contribution < 1.29 is 26.7 Å². The largest absolute Gasteiger partial charge is 0.484 e. The fourth-order valence-corrected chi connectivity index (χ4v) is 1.85. The van der Waals surface area contributed by atoms with Gasteiger partial charge in [-0.25, -0.2) is 8.78 Å². The van der Waals surface area contributed by atoms with Crippen molar-refractivity contribution in [3.05, 3.63) is 28.2 Å². The van der Waals surface area contributed by atoms with Crippen LogP contribution in [0.15, 0.2) is 22.7 Å². The third-order valence-electron chi connectivity index (χ3n) is 1.85. The van der Waals surface area contributed by atoms with Crippen LogP contribution in [0.5, 0.6) is 5.75 Å². The second-order valence-electron chi connectivity index (χ2n) is 3.95. The summed E-state index contributed by atoms with van der Waals surface area (Å²) in [6.45, 7) is -0.713. The third kappa shape index (κ3) is 6.18. The SMILES string of the molecule is CC(F)(F)Cc1cc(Br)cc(OCC(F)(F)F)c1. The second-order valence-corrected chi connectivity index (χ2v) is 4.86. The van der Waals surface area contributed by atoms with Crippen LogP contribution in [0.1, 0.15) is 12.5 Å². The molecule has 0 bridgehead atoms. The van der Waals surface area contributed by atoms with Crippen LogP contribution in [0.25, 0.3) is 0 Å². The molecule has 18 heavy (non-hydrogen) atoms. The molecular formula is C11H10BrF5O. The second kappa shape index (κ2) is 5.42. The van der Waals surface area contributed by atoms with E-state index < -0.39 is 25.1 Å². The molecule has 1 rings (SSSR count). The Hall–Kier alpha value is -0.850. The topological polar surface area (TPSA) is 9.23 Å². The minimum Gasteiger partial charge on any atom is -0.484 e. The molecule has 0 aliphatic carbocycles. The van der Waals surface area contributed by atoms with Crippen LogP contribution in [-0.2, 0) is 6.42 Å². The summed E-state index contributed by atoms with van der Waals surface area (Å²) in [5.41, 5.74) is 0.203. The molecule has 0 spiro atoms. The molecular weight excluding hydrogens is 323 g/mol. The summed E-state index contributed by atoms with van der Waals surface area (Å²) in [7, 11) is 0. The molecule has 0 aromatic heterocycles. The molecule has 0 saturated heterocycles. The van der Waals surface area contributed by atoms with Crippen molar-refractivity contribution in [1.82, 2.24) is 0 Å². The summed E-state index contributed by atoms with van der Waals surface area (Å²) in [6.07, 6.45) is -5.02. The fraction of sp³-hybridized carbons (Fsp3) is 0.455. The zero-order valence-corrected chi connectivity index (χ0v) is 10.9. The lowest BCUT2D eigenvalue weighted by atomic mass is 10.1. The average molecular weight is 333 g/mol. The average Bonchev–Trinajstić information content (AvgIpc) is 2.09. The van der Waals surface area contributed by atoms with Gasteiger partial charge in [0.1, 0.15) is 5.75 Å². The third-order valence-corrected chi connectivity index (χ3v) is 2.31. The summed E-state index contributed by atoms with van der Waals surface area (Å²) < 4.78 is 66.4. The molecule has 0 amide bonds. The molecule has 1 nitrogen and oxygen atoms in total. The highest BCUT2D eigenvalue weighted by Gasteiger charge is 2.28. The molecule has 0 unspecified atom stereocenters. The number of rotatable bonds is 4. The van der Waals surface area contributed by atoms with Crippen LogP contribution in [0, 0.1) is 0 Å². The summed E-state index contributed by atoms with van der Waals surface area (Å²) in [5, 5.41) is 0. The minimum absolute atomic E-state index is 0.0963. The highest BCUT2D eigenvalue weighted by atomic mass is 79.9. The van der Waals surface area contributed by atoms with Crippen LogP contribution in [0.3, 0.4) is 0 Å². The van der Waals surface area contributed by atoms with Crippen molar-refractivity contribution in [3.8, 4) is 5.75 Å². The molecule has 0 saturated carbocycles. The summed E-state index contributed by atoms with van der Waals surface area (Å²) >= 11 is 3.03. The van der Waals surface area contributed by atoms with E-state index in [0.717, 1.165) is 6.92 Å². The van der Waals surface area contributed by atoms with Crippen molar-refractivity contribution in [3.63, 3.8) is 0 Å². The maximum Gasteiger partial charge on any atom is 0.422 e. The van der Waals surface area contributed by atoms with Crippen LogP contribution >= 0.6 is 15.9 Å². The van der Waals surface area contributed by atoms with Gasteiger partial charge < -0.3 is 4.74 Å². The predicted octanol–water partition coefficient (Wildman–Crippen LogP) is 4.59. The summed E-state index contributed by atoms with van der Waals surface area (Å²) in [4.78, 5) is 0. The first-order chi connectivity index (χ1) is 8.05. The summed E-state index contributed by atoms with van der Waals surface area (Å²) in [6, 6.07) is 3.88. The van der Waals surface area contributed by atoms with Gasteiger partial charge in [0.25, 0.3) is 0 Å². The molecule has 1 aromatic rings. The van der Waals surface area contributed by atoms with Gasteiger partial charge in [-0.15, -0.1) is 0 Å². The van der Waals surface area contributed by atoms with Crippen LogP contribution in [0.2, 0.25) is 0 Å². The molecule has 0 radical (unpaired) electrons. The van der Waals surface area contributed by atoms with Crippen molar-refractivity contribution in [2.75, 3.05) is 6.61 Å². The van der Waals surface area contributed by atoms with Crippen LogP contribution in [0.4, 0.5) is 22.0 Å². The Morgan fingerprint density at radius 1 is 1.11 bits per heavy atom. The Balaban J connectivity index is 2.81. The first-order valence-electron chi connectivity index (χ1n) is 4.92. The van der Waals surface area contributed by atoms with E-state index in [1.807, 2.05) is 0 Å². The lowest BCUT2D eigenvalue weighted by Crippen LogP contribution is -2.19. The maximum atomic E-state index is 12.8. The molecule has 0 N–H and O–H groups in total. The number of hydrogen-bond donors (Lipinski definition) is 0. The van der Waals surface area contributed by atoms with Gasteiger partial charge in [0, 0.05) is 10.9 Å². The lowest BCUT2D eigenvalue weighted by Gasteiger charge is -2.13. The van der Waals surface area contributed by atoms with Gasteiger partial charge in [-0.3, -0.25) is 0 Å². The van der Waals surface area contributed by atoms with E-state index >= 15 is 0 Å². The monoisotopic (exact) mass is 332 g/mol. The van der Waals surface area contributed by atoms with Gasteiger partial charge in [-0.05, 0) is 30.7 Å². The Kier molecular flexibility index (Phi) is 4.58. The van der Waals surface area contributed by atoms with Crippen molar-refractivity contribution in [2.45, 2.75) is 25.4 Å². The Morgan fingerprint density at radius 2 is 1.72 bits per heavy atom. The molecule has 0 aliphatic heterocycles. The molecule has 1 aromatic carbocycles. The van der Waals surface area contributed by atoms with Gasteiger partial charge in [0.2, 0.25) is 5.92 Å². The van der Waals surface area contributed by atoms with E-state index in [1.54, 1.807) is 0 Å². The van der Waals surface area contributed by atoms with Gasteiger partial charge in [0.05, 0.1) is 0 Å². The zero-order valence-electron chi connectivity index (χ0n) is 9.32. The number of ether oxygens (including phenoxy) is 1. The number of halogens is 6. The first-order valence-corrected chi connectivity index (χ1v) is 5.71. The van der Waals surface area contributed by atoms with E-state index in [0.29, 0.717) is 4.47 Å². The van der Waals surface area contributed by atoms with E-state index in [9.17, 15) is 22.0 Å². The van der Waals surface area contributed by atoms with Gasteiger partial charge >= 0.3 is 6.18 Å². The Bertz CT molecular complexity index is 411. The Morgan fingerprint density at radius 3 is 2.22 bits per heavy atom. The maximum absolute atomic E-state index is 12.8. The minimum atomic E-state index is -4.46. The molecule has 0 fully saturated rings. The first kappa shape index (κ1) is 15.2. The van der Waals surface area contributed by atoms with Crippen molar-refractivity contribution in [2.24, 2.45) is 0 Å². The van der Waals surface area contributed by atoms with Crippen molar-refractivity contribution >= 4 is 15.9 Å². The zero-order chi connectivity index (χ0) is 14.0. The molecule has 102 valence electrons. The fourth-order valence-electron chi connectivity index (χ4n) is 1.33. The van der Waals surface area contributed by atoms with Gasteiger partial charge in [-0.2, -0.15) is 13.2 Å². The van der Waals surface area contributed by atoms with Crippen molar-refractivity contribution in [1.29, 1.82) is 0 Å². The van der Waals surface area contributed by atoms with E-state index in [2.05, 4.69) is 20.7 Å². The Labute approximate surface area is 109 Å². The highest BCUT2D eigenvalue weighted by Crippen LogP contribution is 2.27. The predicted molar refractivity (Wildman–Crippen MR) is 60.0 cm³/mol. The van der Waals surface area contributed by atoms with Gasteiger partial charge in [-0.1, -0.05) is 15.9 Å². The highest BCUT2D eigenvalue weighted by molar-refractivity contribution is 9.10. The molecule has 7 heteroatoms.